The van der Waals surface area contributed by atoms with Crippen LogP contribution in [0.15, 0.2) is 59.6 Å². The fraction of sp³-hybridized carbons (Fsp3) is 0.375. The van der Waals surface area contributed by atoms with Crippen LogP contribution in [-0.4, -0.2) is 84.9 Å². The number of hydrogen-bond acceptors (Lipinski definition) is 10. The van der Waals surface area contributed by atoms with Gasteiger partial charge in [0, 0.05) is 49.6 Å². The van der Waals surface area contributed by atoms with Crippen LogP contribution >= 0.6 is 0 Å². The average Bonchev–Trinajstić information content (AvgIpc) is 3.23. The molecule has 0 saturated carbocycles. The van der Waals surface area contributed by atoms with E-state index >= 15 is 0 Å². The van der Waals surface area contributed by atoms with Crippen LogP contribution in [-0.2, 0) is 6.54 Å². The number of rotatable bonds is 10. The quantitative estimate of drug-likeness (QED) is 0.219. The van der Waals surface area contributed by atoms with E-state index in [1.165, 1.54) is 12.1 Å². The molecule has 12 nitrogen and oxygen atoms in total. The lowest BCUT2D eigenvalue weighted by Crippen LogP contribution is -2.49. The Bertz CT molecular complexity index is 1520. The van der Waals surface area contributed by atoms with Gasteiger partial charge in [-0.25, -0.2) is 0 Å². The Balaban J connectivity index is 1.24. The second-order valence-electron chi connectivity index (χ2n) is 10.5. The summed E-state index contributed by atoms with van der Waals surface area (Å²) in [6.07, 6.45) is 2.97. The first kappa shape index (κ1) is 30.8. The van der Waals surface area contributed by atoms with Gasteiger partial charge in [0.25, 0.3) is 5.91 Å². The van der Waals surface area contributed by atoms with Crippen molar-refractivity contribution in [3.63, 3.8) is 0 Å². The number of amides is 1. The molecule has 3 aromatic carbocycles. The summed E-state index contributed by atoms with van der Waals surface area (Å²) in [7, 11) is 3.16. The first-order valence-electron chi connectivity index (χ1n) is 14.6. The summed E-state index contributed by atoms with van der Waals surface area (Å²) in [5.41, 5.74) is 1.85. The number of fused-ring (bicyclic) bond motifs is 1. The number of nitro benzene ring substituents is 1. The second-order valence-corrected chi connectivity index (χ2v) is 10.5. The molecule has 0 bridgehead atoms. The van der Waals surface area contributed by atoms with Crippen molar-refractivity contribution in [1.29, 1.82) is 0 Å². The van der Waals surface area contributed by atoms with Crippen LogP contribution in [0.4, 0.5) is 11.4 Å². The molecule has 1 amide bonds. The maximum absolute atomic E-state index is 13.3. The lowest BCUT2D eigenvalue weighted by atomic mass is 10.1. The summed E-state index contributed by atoms with van der Waals surface area (Å²) in [6, 6.07) is 15.1. The third kappa shape index (κ3) is 6.76. The van der Waals surface area contributed by atoms with Gasteiger partial charge in [-0.2, -0.15) is 0 Å². The Kier molecular flexibility index (Phi) is 9.61. The van der Waals surface area contributed by atoms with Gasteiger partial charge in [0.15, 0.2) is 11.5 Å². The molecule has 1 atom stereocenters. The molecule has 1 saturated heterocycles. The van der Waals surface area contributed by atoms with Crippen molar-refractivity contribution >= 4 is 23.5 Å². The third-order valence-electron chi connectivity index (χ3n) is 7.86. The molecular weight excluding hydrogens is 566 g/mol. The standard InChI is InChI=1S/C32H37N5O7/c1-5-24-20-33-27-19-31(30(42-4)18-23(27)21-34(24)6-2)44-36-15-13-35(14-16-36)32(38)22-7-12-29(28(17-22)37(39)40)43-26-10-8-25(41-3)9-11-26/h7-12,17-20,24H,5-6,13-16,21H2,1-4H3. The van der Waals surface area contributed by atoms with Crippen LogP contribution in [0.2, 0.25) is 0 Å². The minimum atomic E-state index is -0.554. The number of carbonyl (C=O) groups excluding carboxylic acids is 1. The zero-order valence-corrected chi connectivity index (χ0v) is 25.4. The fourth-order valence-corrected chi connectivity index (χ4v) is 5.33. The minimum Gasteiger partial charge on any atom is -0.497 e. The van der Waals surface area contributed by atoms with Gasteiger partial charge in [0.1, 0.15) is 11.5 Å². The molecule has 0 radical (unpaired) electrons. The summed E-state index contributed by atoms with van der Waals surface area (Å²) in [4.78, 5) is 39.6. The molecule has 0 N–H and O–H groups in total. The van der Waals surface area contributed by atoms with Gasteiger partial charge in [-0.05, 0) is 61.0 Å². The number of benzene rings is 3. The lowest BCUT2D eigenvalue weighted by molar-refractivity contribution is -0.385. The summed E-state index contributed by atoms with van der Waals surface area (Å²) >= 11 is 0. The monoisotopic (exact) mass is 603 g/mol. The van der Waals surface area contributed by atoms with Gasteiger partial charge in [-0.15, -0.1) is 5.06 Å². The van der Waals surface area contributed by atoms with Crippen LogP contribution in [0.1, 0.15) is 36.2 Å². The van der Waals surface area contributed by atoms with Gasteiger partial charge >= 0.3 is 5.69 Å². The Labute approximate surface area is 256 Å². The predicted molar refractivity (Wildman–Crippen MR) is 166 cm³/mol. The Morgan fingerprint density at radius 3 is 2.30 bits per heavy atom. The number of aliphatic imine (C=N–C) groups is 1. The summed E-state index contributed by atoms with van der Waals surface area (Å²) < 4.78 is 16.5. The topological polar surface area (TPSA) is 119 Å². The number of nitro groups is 1. The highest BCUT2D eigenvalue weighted by molar-refractivity contribution is 5.95. The van der Waals surface area contributed by atoms with Crippen molar-refractivity contribution in [2.75, 3.05) is 46.9 Å². The molecule has 0 aromatic heterocycles. The Morgan fingerprint density at radius 2 is 1.66 bits per heavy atom. The van der Waals surface area contributed by atoms with Crippen LogP contribution in [0.5, 0.6) is 28.7 Å². The third-order valence-corrected chi connectivity index (χ3v) is 7.86. The normalized spacial score (nSPS) is 17.0. The summed E-state index contributed by atoms with van der Waals surface area (Å²) in [6.45, 7) is 7.64. The summed E-state index contributed by atoms with van der Waals surface area (Å²) in [5.74, 6) is 1.97. The van der Waals surface area contributed by atoms with Crippen LogP contribution in [0.25, 0.3) is 0 Å². The van der Waals surface area contributed by atoms with E-state index in [4.69, 9.17) is 24.0 Å². The SMILES string of the molecule is CCC1C=Nc2cc(ON3CCN(C(=O)c4ccc(Oc5ccc(OC)cc5)c([N+](=O)[O-])c4)CC3)c(OC)cc2CN1CC. The van der Waals surface area contributed by atoms with E-state index in [1.807, 2.05) is 18.3 Å². The first-order valence-corrected chi connectivity index (χ1v) is 14.6. The van der Waals surface area contributed by atoms with E-state index < -0.39 is 4.92 Å². The highest BCUT2D eigenvalue weighted by Crippen LogP contribution is 2.38. The van der Waals surface area contributed by atoms with Crippen LogP contribution in [0, 0.1) is 10.1 Å². The maximum Gasteiger partial charge on any atom is 0.312 e. The predicted octanol–water partition coefficient (Wildman–Crippen LogP) is 5.47. The molecule has 3 aromatic rings. The van der Waals surface area contributed by atoms with Crippen molar-refractivity contribution in [3.8, 4) is 28.7 Å². The zero-order chi connectivity index (χ0) is 31.2. The van der Waals surface area contributed by atoms with Gasteiger partial charge in [0.05, 0.1) is 37.9 Å². The van der Waals surface area contributed by atoms with Crippen molar-refractivity contribution in [2.45, 2.75) is 32.9 Å². The number of hydroxylamine groups is 2. The molecule has 1 fully saturated rings. The first-order chi connectivity index (χ1) is 21.3. The minimum absolute atomic E-state index is 0.0431. The second kappa shape index (κ2) is 13.7. The Hall–Kier alpha value is -4.68. The van der Waals surface area contributed by atoms with Crippen molar-refractivity contribution in [2.24, 2.45) is 4.99 Å². The zero-order valence-electron chi connectivity index (χ0n) is 25.4. The number of nitrogens with zero attached hydrogens (tertiary/aromatic N) is 5. The van der Waals surface area contributed by atoms with Gasteiger partial charge in [0.2, 0.25) is 5.75 Å². The van der Waals surface area contributed by atoms with E-state index in [0.29, 0.717) is 49.2 Å². The molecular formula is C32H37N5O7. The molecule has 0 aliphatic carbocycles. The van der Waals surface area contributed by atoms with Gasteiger partial charge in [-0.1, -0.05) is 13.8 Å². The molecule has 2 heterocycles. The van der Waals surface area contributed by atoms with E-state index in [9.17, 15) is 14.9 Å². The number of ether oxygens (including phenoxy) is 3. The molecule has 232 valence electrons. The average molecular weight is 604 g/mol. The maximum atomic E-state index is 13.3. The molecule has 2 aliphatic rings. The van der Waals surface area contributed by atoms with Gasteiger partial charge in [-0.3, -0.25) is 24.8 Å². The fourth-order valence-electron chi connectivity index (χ4n) is 5.33. The molecule has 44 heavy (non-hydrogen) atoms. The van der Waals surface area contributed by atoms with E-state index in [-0.39, 0.29) is 28.9 Å². The van der Waals surface area contributed by atoms with E-state index in [0.717, 1.165) is 30.8 Å². The van der Waals surface area contributed by atoms with Gasteiger partial charge < -0.3 is 23.9 Å². The molecule has 2 aliphatic heterocycles. The van der Waals surface area contributed by atoms with Crippen LogP contribution < -0.4 is 19.0 Å². The number of piperazine rings is 1. The number of carbonyl (C=O) groups is 1. The highest BCUT2D eigenvalue weighted by atomic mass is 16.7. The van der Waals surface area contributed by atoms with Crippen molar-refractivity contribution in [1.82, 2.24) is 14.9 Å². The lowest BCUT2D eigenvalue weighted by Gasteiger charge is -2.34. The van der Waals surface area contributed by atoms with Crippen molar-refractivity contribution < 1.29 is 28.8 Å². The smallest absolute Gasteiger partial charge is 0.312 e. The molecule has 0 spiro atoms. The van der Waals surface area contributed by atoms with E-state index in [2.05, 4.69) is 18.7 Å². The Morgan fingerprint density at radius 1 is 0.932 bits per heavy atom. The van der Waals surface area contributed by atoms with E-state index in [1.54, 1.807) is 54.5 Å². The number of hydrogen-bond donors (Lipinski definition) is 0. The number of methoxy groups -OCH3 is 2. The molecule has 5 rings (SSSR count). The van der Waals surface area contributed by atoms with Crippen LogP contribution in [0.3, 0.4) is 0 Å². The summed E-state index contributed by atoms with van der Waals surface area (Å²) in [5, 5.41) is 13.6. The largest absolute Gasteiger partial charge is 0.497 e. The molecule has 1 unspecified atom stereocenters. The van der Waals surface area contributed by atoms with Crippen molar-refractivity contribution in [3.05, 3.63) is 75.8 Å². The molecule has 12 heteroatoms. The highest BCUT2D eigenvalue weighted by Gasteiger charge is 2.27.